The van der Waals surface area contributed by atoms with Crippen molar-refractivity contribution in [2.24, 2.45) is 0 Å². The molecule has 0 saturated carbocycles. The number of nitrogens with one attached hydrogen (secondary N) is 1. The van der Waals surface area contributed by atoms with Crippen LogP contribution in [0.1, 0.15) is 17.5 Å². The molecule has 0 aliphatic heterocycles. The molecule has 25 heavy (non-hydrogen) atoms. The maximum Gasteiger partial charge on any atom is 0.220 e. The van der Waals surface area contributed by atoms with Crippen LogP contribution in [0.2, 0.25) is 0 Å². The Morgan fingerprint density at radius 2 is 1.68 bits per heavy atom. The van der Waals surface area contributed by atoms with E-state index in [9.17, 15) is 4.79 Å². The Labute approximate surface area is 148 Å². The number of aryl methyl sites for hydroxylation is 1. The zero-order valence-corrected chi connectivity index (χ0v) is 15.0. The van der Waals surface area contributed by atoms with Gasteiger partial charge < -0.3 is 19.5 Å². The third kappa shape index (κ3) is 5.41. The van der Waals surface area contributed by atoms with Crippen LogP contribution in [-0.2, 0) is 17.6 Å². The number of hydrogen-bond acceptors (Lipinski definition) is 4. The molecule has 0 aliphatic carbocycles. The van der Waals surface area contributed by atoms with Crippen LogP contribution in [0.15, 0.2) is 42.5 Å². The summed E-state index contributed by atoms with van der Waals surface area (Å²) < 4.78 is 15.8. The summed E-state index contributed by atoms with van der Waals surface area (Å²) >= 11 is 0. The van der Waals surface area contributed by atoms with Crippen molar-refractivity contribution in [1.29, 1.82) is 0 Å². The first-order chi connectivity index (χ1) is 12.2. The van der Waals surface area contributed by atoms with Gasteiger partial charge in [-0.05, 0) is 42.2 Å². The van der Waals surface area contributed by atoms with E-state index in [1.54, 1.807) is 21.3 Å². The van der Waals surface area contributed by atoms with Gasteiger partial charge in [-0.3, -0.25) is 4.79 Å². The Morgan fingerprint density at radius 3 is 2.32 bits per heavy atom. The molecular weight excluding hydrogens is 318 g/mol. The van der Waals surface area contributed by atoms with Crippen molar-refractivity contribution in [1.82, 2.24) is 5.32 Å². The topological polar surface area (TPSA) is 56.8 Å². The van der Waals surface area contributed by atoms with Crippen molar-refractivity contribution in [3.8, 4) is 17.2 Å². The quantitative estimate of drug-likeness (QED) is 0.760. The molecule has 134 valence electrons. The molecule has 0 aliphatic rings. The average molecular weight is 343 g/mol. The average Bonchev–Trinajstić information content (AvgIpc) is 2.66. The number of methoxy groups -OCH3 is 3. The first kappa shape index (κ1) is 18.6. The number of carbonyl (C=O) groups is 1. The van der Waals surface area contributed by atoms with E-state index in [4.69, 9.17) is 14.2 Å². The van der Waals surface area contributed by atoms with Gasteiger partial charge in [0.1, 0.15) is 5.75 Å². The summed E-state index contributed by atoms with van der Waals surface area (Å²) in [6.07, 6.45) is 1.80. The van der Waals surface area contributed by atoms with Gasteiger partial charge in [-0.15, -0.1) is 0 Å². The molecule has 1 N–H and O–H groups in total. The standard InChI is InChI=1S/C20H25NO4/c1-23-17-10-7-15(8-11-17)13-14-21-19(22)12-9-16-5-4-6-18(24-2)20(16)25-3/h4-8,10-11H,9,12-14H2,1-3H3,(H,21,22). The lowest BCUT2D eigenvalue weighted by atomic mass is 10.1. The number of carbonyl (C=O) groups excluding carboxylic acids is 1. The van der Waals surface area contributed by atoms with Gasteiger partial charge in [-0.25, -0.2) is 0 Å². The minimum atomic E-state index is 0.0263. The first-order valence-corrected chi connectivity index (χ1v) is 8.27. The number of amides is 1. The lowest BCUT2D eigenvalue weighted by Gasteiger charge is -2.12. The zero-order valence-electron chi connectivity index (χ0n) is 15.0. The molecule has 0 fully saturated rings. The molecule has 0 saturated heterocycles. The molecule has 1 amide bonds. The van der Waals surface area contributed by atoms with Gasteiger partial charge in [0.25, 0.3) is 0 Å². The second-order valence-electron chi connectivity index (χ2n) is 5.60. The van der Waals surface area contributed by atoms with Crippen LogP contribution >= 0.6 is 0 Å². The van der Waals surface area contributed by atoms with Crippen molar-refractivity contribution in [3.63, 3.8) is 0 Å². The summed E-state index contributed by atoms with van der Waals surface area (Å²) in [6, 6.07) is 13.6. The van der Waals surface area contributed by atoms with Crippen LogP contribution < -0.4 is 19.5 Å². The normalized spacial score (nSPS) is 10.2. The maximum atomic E-state index is 12.1. The van der Waals surface area contributed by atoms with Gasteiger partial charge in [-0.2, -0.15) is 0 Å². The number of hydrogen-bond donors (Lipinski definition) is 1. The van der Waals surface area contributed by atoms with Gasteiger partial charge in [0.05, 0.1) is 21.3 Å². The van der Waals surface area contributed by atoms with Crippen LogP contribution in [0.25, 0.3) is 0 Å². The molecule has 0 radical (unpaired) electrons. The smallest absolute Gasteiger partial charge is 0.220 e. The lowest BCUT2D eigenvalue weighted by molar-refractivity contribution is -0.121. The highest BCUT2D eigenvalue weighted by Gasteiger charge is 2.11. The van der Waals surface area contributed by atoms with Crippen molar-refractivity contribution >= 4 is 5.91 Å². The second-order valence-corrected chi connectivity index (χ2v) is 5.60. The van der Waals surface area contributed by atoms with Crippen LogP contribution in [0.4, 0.5) is 0 Å². The largest absolute Gasteiger partial charge is 0.497 e. The van der Waals surface area contributed by atoms with E-state index in [1.807, 2.05) is 42.5 Å². The van der Waals surface area contributed by atoms with E-state index < -0.39 is 0 Å². The van der Waals surface area contributed by atoms with E-state index in [-0.39, 0.29) is 5.91 Å². The first-order valence-electron chi connectivity index (χ1n) is 8.27. The fourth-order valence-corrected chi connectivity index (χ4v) is 2.63. The summed E-state index contributed by atoms with van der Waals surface area (Å²) in [5.74, 6) is 2.23. The minimum Gasteiger partial charge on any atom is -0.497 e. The van der Waals surface area contributed by atoms with E-state index in [1.165, 1.54) is 0 Å². The number of rotatable bonds is 9. The van der Waals surface area contributed by atoms with Gasteiger partial charge in [-0.1, -0.05) is 24.3 Å². The van der Waals surface area contributed by atoms with Crippen LogP contribution in [0.3, 0.4) is 0 Å². The lowest BCUT2D eigenvalue weighted by Crippen LogP contribution is -2.25. The molecule has 2 aromatic carbocycles. The Hall–Kier alpha value is -2.69. The predicted molar refractivity (Wildman–Crippen MR) is 97.6 cm³/mol. The monoisotopic (exact) mass is 343 g/mol. The third-order valence-corrected chi connectivity index (χ3v) is 4.00. The van der Waals surface area contributed by atoms with Crippen LogP contribution in [0, 0.1) is 0 Å². The fourth-order valence-electron chi connectivity index (χ4n) is 2.63. The van der Waals surface area contributed by atoms with E-state index >= 15 is 0 Å². The highest BCUT2D eigenvalue weighted by atomic mass is 16.5. The van der Waals surface area contributed by atoms with Crippen molar-refractivity contribution in [2.75, 3.05) is 27.9 Å². The summed E-state index contributed by atoms with van der Waals surface area (Å²) in [5, 5.41) is 2.95. The number of benzene rings is 2. The predicted octanol–water partition coefficient (Wildman–Crippen LogP) is 3.00. The number of para-hydroxylation sites is 1. The zero-order chi connectivity index (χ0) is 18.1. The maximum absolute atomic E-state index is 12.1. The number of ether oxygens (including phenoxy) is 3. The summed E-state index contributed by atoms with van der Waals surface area (Å²) in [4.78, 5) is 12.1. The highest BCUT2D eigenvalue weighted by molar-refractivity contribution is 5.76. The second kappa shape index (κ2) is 9.57. The summed E-state index contributed by atoms with van der Waals surface area (Å²) in [6.45, 7) is 0.612. The Kier molecular flexibility index (Phi) is 7.14. The molecule has 0 spiro atoms. The molecule has 0 aromatic heterocycles. The van der Waals surface area contributed by atoms with Gasteiger partial charge in [0.2, 0.25) is 5.91 Å². The molecule has 0 atom stereocenters. The minimum absolute atomic E-state index is 0.0263. The van der Waals surface area contributed by atoms with Crippen molar-refractivity contribution in [2.45, 2.75) is 19.3 Å². The Bertz CT molecular complexity index is 683. The van der Waals surface area contributed by atoms with Crippen molar-refractivity contribution in [3.05, 3.63) is 53.6 Å². The van der Waals surface area contributed by atoms with Crippen LogP contribution in [0.5, 0.6) is 17.2 Å². The van der Waals surface area contributed by atoms with E-state index in [0.29, 0.717) is 30.9 Å². The molecular formula is C20H25NO4. The SMILES string of the molecule is COc1ccc(CCNC(=O)CCc2cccc(OC)c2OC)cc1. The van der Waals surface area contributed by atoms with E-state index in [2.05, 4.69) is 5.32 Å². The third-order valence-electron chi connectivity index (χ3n) is 4.00. The Morgan fingerprint density at radius 1 is 0.920 bits per heavy atom. The Balaban J connectivity index is 1.79. The summed E-state index contributed by atoms with van der Waals surface area (Å²) in [7, 11) is 4.86. The molecule has 5 nitrogen and oxygen atoms in total. The summed E-state index contributed by atoms with van der Waals surface area (Å²) in [5.41, 5.74) is 2.13. The molecule has 0 heterocycles. The van der Waals surface area contributed by atoms with Crippen LogP contribution in [-0.4, -0.2) is 33.8 Å². The van der Waals surface area contributed by atoms with Gasteiger partial charge in [0.15, 0.2) is 11.5 Å². The highest BCUT2D eigenvalue weighted by Crippen LogP contribution is 2.31. The molecule has 2 rings (SSSR count). The van der Waals surface area contributed by atoms with E-state index in [0.717, 1.165) is 23.3 Å². The molecule has 0 unspecified atom stereocenters. The van der Waals surface area contributed by atoms with Gasteiger partial charge >= 0.3 is 0 Å². The van der Waals surface area contributed by atoms with Gasteiger partial charge in [0, 0.05) is 13.0 Å². The molecule has 2 aromatic rings. The molecule has 0 bridgehead atoms. The molecule has 5 heteroatoms. The van der Waals surface area contributed by atoms with Crippen molar-refractivity contribution < 1.29 is 19.0 Å². The fraction of sp³-hybridized carbons (Fsp3) is 0.350.